The van der Waals surface area contributed by atoms with Gasteiger partial charge in [0.2, 0.25) is 0 Å². The van der Waals surface area contributed by atoms with Gasteiger partial charge in [-0.2, -0.15) is 35.6 Å². The highest BCUT2D eigenvalue weighted by Gasteiger charge is 2.60. The number of alkyl halides is 4. The SMILES string of the molecule is FC1(F)COP2(=NP(Cl)(Cl)=NP(Cl)(Cl)=NP(Cl)(Cl)=N2)OCC1(F)F. The molecule has 2 rings (SSSR count). The van der Waals surface area contributed by atoms with Crippen molar-refractivity contribution in [3.05, 3.63) is 0 Å². The quantitative estimate of drug-likeness (QED) is 0.222. The van der Waals surface area contributed by atoms with Crippen molar-refractivity contribution in [1.29, 1.82) is 0 Å². The Kier molecular flexibility index (Phi) is 6.56. The molecule has 1 saturated heterocycles. The van der Waals surface area contributed by atoms with E-state index in [1.54, 1.807) is 0 Å². The molecule has 0 unspecified atom stereocenters. The molecule has 2 aliphatic heterocycles. The summed E-state index contributed by atoms with van der Waals surface area (Å²) in [4.78, 5) is 0. The fraction of sp³-hybridized carbons (Fsp3) is 1.00. The molecule has 0 bridgehead atoms. The van der Waals surface area contributed by atoms with Gasteiger partial charge in [-0.15, -0.1) is 0 Å². The lowest BCUT2D eigenvalue weighted by Gasteiger charge is -2.22. The van der Waals surface area contributed by atoms with Gasteiger partial charge in [-0.3, -0.25) is 9.05 Å². The molecular weight excluding hydrogens is 549 g/mol. The van der Waals surface area contributed by atoms with E-state index in [4.69, 9.17) is 76.5 Å². The lowest BCUT2D eigenvalue weighted by molar-refractivity contribution is -0.222. The normalized spacial score (nSPS) is 31.9. The topological polar surface area (TPSA) is 67.9 Å². The second-order valence-corrected chi connectivity index (χ2v) is 21.3. The third-order valence-electron chi connectivity index (χ3n) is 2.23. The first kappa shape index (κ1) is 22.6. The maximum Gasteiger partial charge on any atom is 0.345 e. The van der Waals surface area contributed by atoms with Crippen LogP contribution in [0.25, 0.3) is 0 Å². The largest absolute Gasteiger partial charge is 0.345 e. The Hall–Kier alpha value is 2.30. The predicted molar refractivity (Wildman–Crippen MR) is 94.3 cm³/mol. The molecule has 0 aromatic heterocycles. The Morgan fingerprint density at radius 3 is 1.38 bits per heavy atom. The summed E-state index contributed by atoms with van der Waals surface area (Å²) < 4.78 is 77.6. The molecule has 0 saturated carbocycles. The molecule has 2 aliphatic rings. The minimum absolute atomic E-state index is 1.79. The second-order valence-electron chi connectivity index (χ2n) is 4.17. The Balaban J connectivity index is 2.69. The van der Waals surface area contributed by atoms with Gasteiger partial charge in [0.05, 0.1) is 0 Å². The van der Waals surface area contributed by atoms with Crippen LogP contribution < -0.4 is 0 Å². The lowest BCUT2D eigenvalue weighted by Crippen LogP contribution is -2.45. The zero-order valence-electron chi connectivity index (χ0n) is 10.6. The van der Waals surface area contributed by atoms with Crippen LogP contribution in [-0.2, 0) is 9.05 Å². The van der Waals surface area contributed by atoms with E-state index in [-0.39, 0.29) is 0 Å². The molecule has 0 radical (unpaired) electrons. The van der Waals surface area contributed by atoms with Crippen LogP contribution in [0.4, 0.5) is 17.6 Å². The molecular formula is C4H4Cl6F4N4O2P4. The van der Waals surface area contributed by atoms with Crippen LogP contribution in [-0.4, -0.2) is 25.1 Å². The van der Waals surface area contributed by atoms with E-state index in [1.807, 2.05) is 0 Å². The van der Waals surface area contributed by atoms with Crippen LogP contribution in [0.1, 0.15) is 0 Å². The van der Waals surface area contributed by atoms with Crippen molar-refractivity contribution in [1.82, 2.24) is 0 Å². The van der Waals surface area contributed by atoms with Crippen LogP contribution >= 0.6 is 92.8 Å². The van der Waals surface area contributed by atoms with Gasteiger partial charge in [-0.1, -0.05) is 0 Å². The molecule has 0 atom stereocenters. The van der Waals surface area contributed by atoms with E-state index in [9.17, 15) is 17.6 Å². The third kappa shape index (κ3) is 5.43. The van der Waals surface area contributed by atoms with Gasteiger partial charge in [0.25, 0.3) is 17.7 Å². The van der Waals surface area contributed by atoms with Crippen molar-refractivity contribution in [3.63, 3.8) is 0 Å². The lowest BCUT2D eigenvalue weighted by atomic mass is 10.2. The Labute approximate surface area is 162 Å². The van der Waals surface area contributed by atoms with Crippen LogP contribution in [0.5, 0.6) is 0 Å². The van der Waals surface area contributed by atoms with Crippen LogP contribution in [0.3, 0.4) is 0 Å². The molecule has 6 nitrogen and oxygen atoms in total. The smallest absolute Gasteiger partial charge is 0.300 e. The Bertz CT molecular complexity index is 747. The van der Waals surface area contributed by atoms with Crippen molar-refractivity contribution in [3.8, 4) is 0 Å². The summed E-state index contributed by atoms with van der Waals surface area (Å²) in [5, 5.41) is 0. The first-order valence-corrected chi connectivity index (χ1v) is 17.3. The molecule has 2 heterocycles. The molecule has 0 aromatic rings. The van der Waals surface area contributed by atoms with Crippen LogP contribution in [0, 0.1) is 0 Å². The van der Waals surface area contributed by atoms with E-state index in [0.717, 1.165) is 0 Å². The molecule has 0 N–H and O–H groups in total. The first-order chi connectivity index (χ1) is 10.5. The molecule has 0 aliphatic carbocycles. The average molecular weight is 553 g/mol. The first-order valence-electron chi connectivity index (χ1n) is 5.27. The van der Waals surface area contributed by atoms with Crippen molar-refractivity contribution < 1.29 is 26.6 Å². The van der Waals surface area contributed by atoms with Gasteiger partial charge in [-0.25, -0.2) is 0 Å². The average Bonchev–Trinajstić information content (AvgIpc) is 2.35. The monoisotopic (exact) mass is 550 g/mol. The van der Waals surface area contributed by atoms with Crippen molar-refractivity contribution in [2.45, 2.75) is 11.8 Å². The third-order valence-corrected chi connectivity index (χ3v) is 17.4. The number of halogens is 10. The predicted octanol–water partition coefficient (Wildman–Crippen LogP) is 9.53. The van der Waals surface area contributed by atoms with Crippen LogP contribution in [0.15, 0.2) is 18.1 Å². The number of hydrogen-bond donors (Lipinski definition) is 0. The fourth-order valence-electron chi connectivity index (χ4n) is 1.28. The standard InChI is InChI=1S/C4H4Cl6F4N4O2P4/c5-21(6)15-22(7,8)17-24(18-23(9,10)16-21)19-1-3(11,12)4(13,14)2-20-24/h1-2H2. The molecule has 20 heteroatoms. The number of rotatable bonds is 0. The highest BCUT2D eigenvalue weighted by molar-refractivity contribution is 8.23. The summed E-state index contributed by atoms with van der Waals surface area (Å²) >= 11 is 35.0. The van der Waals surface area contributed by atoms with E-state index in [0.29, 0.717) is 0 Å². The summed E-state index contributed by atoms with van der Waals surface area (Å²) in [5.74, 6) is -20.4. The highest BCUT2D eigenvalue weighted by Crippen LogP contribution is 2.87. The van der Waals surface area contributed by atoms with Gasteiger partial charge in [0.15, 0.2) is 0 Å². The molecule has 0 amide bonds. The molecule has 1 spiro atoms. The summed E-state index contributed by atoms with van der Waals surface area (Å²) in [5.41, 5.74) is 0. The summed E-state index contributed by atoms with van der Waals surface area (Å²) in [6.45, 7) is -3.57. The number of nitrogens with zero attached hydrogens (tertiary/aromatic N) is 4. The van der Waals surface area contributed by atoms with Gasteiger partial charge in [0.1, 0.15) is 13.2 Å². The van der Waals surface area contributed by atoms with E-state index < -0.39 is 50.4 Å². The zero-order valence-corrected chi connectivity index (χ0v) is 18.7. The van der Waals surface area contributed by atoms with Gasteiger partial charge in [-0.05, 0) is 67.4 Å². The Morgan fingerprint density at radius 1 is 0.625 bits per heavy atom. The summed E-state index contributed by atoms with van der Waals surface area (Å²) in [6, 6.07) is 0. The maximum absolute atomic E-state index is 13.5. The molecule has 0 aromatic carbocycles. The fourth-order valence-corrected chi connectivity index (χ4v) is 21.6. The molecule has 142 valence electrons. The zero-order chi connectivity index (χ0) is 18.7. The van der Waals surface area contributed by atoms with E-state index >= 15 is 0 Å². The maximum atomic E-state index is 13.5. The van der Waals surface area contributed by atoms with Crippen molar-refractivity contribution >= 4 is 92.8 Å². The van der Waals surface area contributed by atoms with Gasteiger partial charge >= 0.3 is 19.5 Å². The number of hydrogen-bond acceptors (Lipinski definition) is 6. The van der Waals surface area contributed by atoms with E-state index in [1.165, 1.54) is 0 Å². The summed E-state index contributed by atoms with van der Waals surface area (Å²) in [6.07, 6.45) is 0. The second kappa shape index (κ2) is 6.97. The summed E-state index contributed by atoms with van der Waals surface area (Å²) in [7, 11) is -4.28. The van der Waals surface area contributed by atoms with Crippen LogP contribution in [0.2, 0.25) is 0 Å². The molecule has 24 heavy (non-hydrogen) atoms. The minimum Gasteiger partial charge on any atom is -0.300 e. The van der Waals surface area contributed by atoms with Crippen molar-refractivity contribution in [2.24, 2.45) is 18.1 Å². The van der Waals surface area contributed by atoms with E-state index in [2.05, 4.69) is 18.1 Å². The van der Waals surface area contributed by atoms with Crippen molar-refractivity contribution in [2.75, 3.05) is 13.2 Å². The minimum atomic E-state index is -4.56. The van der Waals surface area contributed by atoms with Gasteiger partial charge in [0, 0.05) is 0 Å². The Morgan fingerprint density at radius 2 is 0.958 bits per heavy atom. The molecule has 1 fully saturated rings. The van der Waals surface area contributed by atoms with Gasteiger partial charge < -0.3 is 0 Å². The highest BCUT2D eigenvalue weighted by atomic mass is 35.9.